The molecule has 1 saturated carbocycles. The fourth-order valence-electron chi connectivity index (χ4n) is 3.29. The van der Waals surface area contributed by atoms with E-state index in [1.54, 1.807) is 0 Å². The van der Waals surface area contributed by atoms with Crippen molar-refractivity contribution in [3.05, 3.63) is 53.8 Å². The first-order chi connectivity index (χ1) is 12.3. The number of hydrogen-bond acceptors (Lipinski definition) is 1. The van der Waals surface area contributed by atoms with Gasteiger partial charge in [-0.2, -0.15) is 8.78 Å². The van der Waals surface area contributed by atoms with Crippen LogP contribution in [0.1, 0.15) is 32.6 Å². The Morgan fingerprint density at radius 3 is 2.15 bits per heavy atom. The second kappa shape index (κ2) is 7.25. The highest BCUT2D eigenvalue weighted by atomic mass is 19.3. The minimum Gasteiger partial charge on any atom is -0.432 e. The number of ether oxygens (including phenoxy) is 1. The SMILES string of the molecule is CC1CCC(C(F)(F)Oc2ccc(-c3ccc(F)c(F)c3)c(F)c2)CC1. The van der Waals surface area contributed by atoms with Gasteiger partial charge in [0.15, 0.2) is 11.6 Å². The van der Waals surface area contributed by atoms with Gasteiger partial charge in [0.05, 0.1) is 5.92 Å². The summed E-state index contributed by atoms with van der Waals surface area (Å²) in [6.07, 6.45) is -1.22. The van der Waals surface area contributed by atoms with Gasteiger partial charge in [-0.1, -0.05) is 25.8 Å². The summed E-state index contributed by atoms with van der Waals surface area (Å²) in [4.78, 5) is 0. The van der Waals surface area contributed by atoms with Crippen LogP contribution in [-0.2, 0) is 0 Å². The Hall–Kier alpha value is -2.11. The molecule has 0 amide bonds. The van der Waals surface area contributed by atoms with Crippen LogP contribution in [-0.4, -0.2) is 6.11 Å². The van der Waals surface area contributed by atoms with Gasteiger partial charge in [0.2, 0.25) is 0 Å². The molecule has 0 saturated heterocycles. The molecule has 2 aromatic carbocycles. The molecule has 0 bridgehead atoms. The van der Waals surface area contributed by atoms with Crippen LogP contribution in [0.5, 0.6) is 5.75 Å². The van der Waals surface area contributed by atoms with Crippen molar-refractivity contribution in [2.75, 3.05) is 0 Å². The average molecular weight is 370 g/mol. The Morgan fingerprint density at radius 1 is 0.846 bits per heavy atom. The molecule has 3 rings (SSSR count). The molecule has 0 radical (unpaired) electrons. The van der Waals surface area contributed by atoms with E-state index in [0.717, 1.165) is 18.2 Å². The third-order valence-electron chi connectivity index (χ3n) is 4.92. The first kappa shape index (κ1) is 18.7. The minimum absolute atomic E-state index is 0.0222. The highest BCUT2D eigenvalue weighted by molar-refractivity contribution is 5.65. The maximum atomic E-state index is 14.3. The van der Waals surface area contributed by atoms with Crippen LogP contribution < -0.4 is 4.74 Å². The first-order valence-electron chi connectivity index (χ1n) is 8.58. The first-order valence-corrected chi connectivity index (χ1v) is 8.58. The Morgan fingerprint density at radius 2 is 1.54 bits per heavy atom. The van der Waals surface area contributed by atoms with Gasteiger partial charge in [0, 0.05) is 11.6 Å². The molecule has 1 aliphatic rings. The summed E-state index contributed by atoms with van der Waals surface area (Å²) in [6.45, 7) is 2.03. The molecule has 0 aliphatic heterocycles. The standard InChI is InChI=1S/C20H19F5O/c1-12-2-5-14(6-3-12)20(24,25)26-15-7-8-16(18(22)11-15)13-4-9-17(21)19(23)10-13/h4,7-12,14H,2-3,5-6H2,1H3. The summed E-state index contributed by atoms with van der Waals surface area (Å²) in [6, 6.07) is 6.22. The third-order valence-corrected chi connectivity index (χ3v) is 4.92. The molecule has 0 unspecified atom stereocenters. The van der Waals surface area contributed by atoms with Gasteiger partial charge in [-0.3, -0.25) is 0 Å². The normalized spacial score (nSPS) is 20.8. The van der Waals surface area contributed by atoms with E-state index >= 15 is 0 Å². The molecule has 0 spiro atoms. The average Bonchev–Trinajstić information content (AvgIpc) is 2.58. The fraction of sp³-hybridized carbons (Fsp3) is 0.400. The zero-order valence-electron chi connectivity index (χ0n) is 14.2. The Balaban J connectivity index is 1.77. The zero-order valence-corrected chi connectivity index (χ0v) is 14.2. The topological polar surface area (TPSA) is 9.23 Å². The lowest BCUT2D eigenvalue weighted by atomic mass is 9.82. The van der Waals surface area contributed by atoms with Crippen molar-refractivity contribution in [2.45, 2.75) is 38.7 Å². The quantitative estimate of drug-likeness (QED) is 0.553. The van der Waals surface area contributed by atoms with Crippen molar-refractivity contribution in [1.82, 2.24) is 0 Å². The predicted octanol–water partition coefficient (Wildman–Crippen LogP) is 6.57. The van der Waals surface area contributed by atoms with Crippen LogP contribution in [0, 0.1) is 29.3 Å². The summed E-state index contributed by atoms with van der Waals surface area (Å²) in [5.41, 5.74) is 0.0898. The van der Waals surface area contributed by atoms with Gasteiger partial charge in [-0.25, -0.2) is 13.2 Å². The maximum Gasteiger partial charge on any atom is 0.400 e. The van der Waals surface area contributed by atoms with Crippen molar-refractivity contribution < 1.29 is 26.7 Å². The van der Waals surface area contributed by atoms with Gasteiger partial charge in [-0.05, 0) is 48.6 Å². The van der Waals surface area contributed by atoms with Gasteiger partial charge < -0.3 is 4.74 Å². The van der Waals surface area contributed by atoms with Crippen molar-refractivity contribution in [3.63, 3.8) is 0 Å². The molecule has 1 fully saturated rings. The Bertz CT molecular complexity index is 782. The zero-order chi connectivity index (χ0) is 18.9. The molecule has 0 heterocycles. The van der Waals surface area contributed by atoms with Gasteiger partial charge in [-0.15, -0.1) is 0 Å². The highest BCUT2D eigenvalue weighted by Crippen LogP contribution is 2.40. The lowest BCUT2D eigenvalue weighted by Crippen LogP contribution is -2.37. The number of halogens is 5. The van der Waals surface area contributed by atoms with Crippen LogP contribution in [0.4, 0.5) is 22.0 Å². The monoisotopic (exact) mass is 370 g/mol. The molecule has 0 N–H and O–H groups in total. The molecule has 26 heavy (non-hydrogen) atoms. The molecule has 140 valence electrons. The van der Waals surface area contributed by atoms with E-state index < -0.39 is 29.5 Å². The molecular formula is C20H19F5O. The molecule has 0 aromatic heterocycles. The van der Waals surface area contributed by atoms with Crippen LogP contribution >= 0.6 is 0 Å². The summed E-state index contributed by atoms with van der Waals surface area (Å²) in [5.74, 6) is -3.77. The third kappa shape index (κ3) is 4.00. The van der Waals surface area contributed by atoms with E-state index in [1.165, 1.54) is 18.2 Å². The second-order valence-electron chi connectivity index (χ2n) is 6.89. The molecule has 1 nitrogen and oxygen atoms in total. The Kier molecular flexibility index (Phi) is 5.21. The lowest BCUT2D eigenvalue weighted by molar-refractivity contribution is -0.223. The van der Waals surface area contributed by atoms with Crippen LogP contribution in [0.25, 0.3) is 11.1 Å². The van der Waals surface area contributed by atoms with E-state index in [-0.39, 0.29) is 16.9 Å². The number of rotatable bonds is 4. The van der Waals surface area contributed by atoms with E-state index in [9.17, 15) is 22.0 Å². The number of benzene rings is 2. The predicted molar refractivity (Wildman–Crippen MR) is 88.4 cm³/mol. The highest BCUT2D eigenvalue weighted by Gasteiger charge is 2.43. The fourth-order valence-corrected chi connectivity index (χ4v) is 3.29. The van der Waals surface area contributed by atoms with E-state index in [1.807, 2.05) is 6.92 Å². The van der Waals surface area contributed by atoms with Gasteiger partial charge in [0.25, 0.3) is 0 Å². The summed E-state index contributed by atoms with van der Waals surface area (Å²) >= 11 is 0. The van der Waals surface area contributed by atoms with Gasteiger partial charge >= 0.3 is 6.11 Å². The smallest absolute Gasteiger partial charge is 0.400 e. The summed E-state index contributed by atoms with van der Waals surface area (Å²) in [5, 5.41) is 0. The van der Waals surface area contributed by atoms with E-state index in [0.29, 0.717) is 31.6 Å². The number of hydrogen-bond donors (Lipinski definition) is 0. The number of alkyl halides is 2. The largest absolute Gasteiger partial charge is 0.432 e. The van der Waals surface area contributed by atoms with E-state index in [4.69, 9.17) is 4.74 Å². The molecular weight excluding hydrogens is 351 g/mol. The minimum atomic E-state index is -3.38. The second-order valence-corrected chi connectivity index (χ2v) is 6.89. The summed E-state index contributed by atoms with van der Waals surface area (Å²) < 4.78 is 74.1. The van der Waals surface area contributed by atoms with Crippen molar-refractivity contribution >= 4 is 0 Å². The van der Waals surface area contributed by atoms with Crippen LogP contribution in [0.3, 0.4) is 0 Å². The summed E-state index contributed by atoms with van der Waals surface area (Å²) in [7, 11) is 0. The molecule has 6 heteroatoms. The van der Waals surface area contributed by atoms with Crippen LogP contribution in [0.15, 0.2) is 36.4 Å². The van der Waals surface area contributed by atoms with Crippen molar-refractivity contribution in [3.8, 4) is 16.9 Å². The molecule has 2 aromatic rings. The van der Waals surface area contributed by atoms with E-state index in [2.05, 4.69) is 0 Å². The molecule has 1 aliphatic carbocycles. The maximum absolute atomic E-state index is 14.3. The van der Waals surface area contributed by atoms with Crippen molar-refractivity contribution in [1.29, 1.82) is 0 Å². The molecule has 0 atom stereocenters. The lowest BCUT2D eigenvalue weighted by Gasteiger charge is -2.32. The van der Waals surface area contributed by atoms with Crippen molar-refractivity contribution in [2.24, 2.45) is 11.8 Å². The van der Waals surface area contributed by atoms with Crippen LogP contribution in [0.2, 0.25) is 0 Å². The Labute approximate surface area is 148 Å². The van der Waals surface area contributed by atoms with Gasteiger partial charge in [0.1, 0.15) is 11.6 Å².